The molecule has 0 spiro atoms. The molecule has 108 valence electrons. The third-order valence-corrected chi connectivity index (χ3v) is 3.05. The number of hydrogen-bond acceptors (Lipinski definition) is 3. The molecule has 0 heterocycles. The summed E-state index contributed by atoms with van der Waals surface area (Å²) in [6, 6.07) is 12.5. The zero-order valence-electron chi connectivity index (χ0n) is 12.1. The smallest absolute Gasteiger partial charge is 0.127 e. The Hall–Kier alpha value is -2.49. The van der Waals surface area contributed by atoms with Gasteiger partial charge in [0.15, 0.2) is 0 Å². The lowest BCUT2D eigenvalue weighted by Gasteiger charge is -1.99. The van der Waals surface area contributed by atoms with Crippen LogP contribution in [0.2, 0.25) is 0 Å². The van der Waals surface area contributed by atoms with Crippen LogP contribution in [-0.4, -0.2) is 19.5 Å². The Morgan fingerprint density at radius 2 is 1.62 bits per heavy atom. The molecule has 4 heteroatoms. The molecule has 0 radical (unpaired) electrons. The van der Waals surface area contributed by atoms with Crippen LogP contribution in [0.15, 0.2) is 52.7 Å². The van der Waals surface area contributed by atoms with Gasteiger partial charge in [0, 0.05) is 0 Å². The van der Waals surface area contributed by atoms with Gasteiger partial charge in [-0.1, -0.05) is 19.1 Å². The van der Waals surface area contributed by atoms with Crippen molar-refractivity contribution in [3.63, 3.8) is 0 Å². The van der Waals surface area contributed by atoms with Gasteiger partial charge in [-0.15, -0.1) is 0 Å². The lowest BCUT2D eigenvalue weighted by Crippen LogP contribution is -1.90. The summed E-state index contributed by atoms with van der Waals surface area (Å²) in [5, 5.41) is 7.87. The topological polar surface area (TPSA) is 34.0 Å². The van der Waals surface area contributed by atoms with Gasteiger partial charge in [-0.05, 0) is 53.4 Å². The van der Waals surface area contributed by atoms with Gasteiger partial charge in [0.05, 0.1) is 19.5 Å². The Morgan fingerprint density at radius 3 is 2.19 bits per heavy atom. The maximum Gasteiger partial charge on any atom is 0.127 e. The molecule has 0 aromatic heterocycles. The third kappa shape index (κ3) is 4.24. The first-order chi connectivity index (χ1) is 10.2. The summed E-state index contributed by atoms with van der Waals surface area (Å²) < 4.78 is 18.7. The van der Waals surface area contributed by atoms with E-state index in [1.54, 1.807) is 19.4 Å². The van der Waals surface area contributed by atoms with Gasteiger partial charge in [0.1, 0.15) is 11.6 Å². The average Bonchev–Trinajstić information content (AvgIpc) is 2.52. The van der Waals surface area contributed by atoms with Crippen LogP contribution in [-0.2, 0) is 6.42 Å². The first-order valence-electron chi connectivity index (χ1n) is 6.72. The van der Waals surface area contributed by atoms with Crippen molar-refractivity contribution in [3.8, 4) is 5.75 Å². The fourth-order valence-corrected chi connectivity index (χ4v) is 1.82. The molecule has 3 nitrogen and oxygen atoms in total. The highest BCUT2D eigenvalue weighted by molar-refractivity contribution is 5.82. The number of ether oxygens (including phenoxy) is 1. The van der Waals surface area contributed by atoms with Crippen LogP contribution >= 0.6 is 0 Å². The third-order valence-electron chi connectivity index (χ3n) is 3.05. The Balaban J connectivity index is 2.00. The molecule has 0 amide bonds. The Bertz CT molecular complexity index is 648. The maximum absolute atomic E-state index is 13.6. The normalized spacial score (nSPS) is 11.4. The minimum atomic E-state index is -0.208. The summed E-state index contributed by atoms with van der Waals surface area (Å²) in [7, 11) is 1.62. The molecule has 2 aromatic rings. The van der Waals surface area contributed by atoms with Crippen molar-refractivity contribution < 1.29 is 9.13 Å². The minimum Gasteiger partial charge on any atom is -0.497 e. The number of halogens is 1. The van der Waals surface area contributed by atoms with E-state index in [-0.39, 0.29) is 5.82 Å². The van der Waals surface area contributed by atoms with E-state index in [2.05, 4.69) is 10.2 Å². The van der Waals surface area contributed by atoms with Crippen molar-refractivity contribution in [1.82, 2.24) is 0 Å². The second-order valence-electron chi connectivity index (χ2n) is 4.47. The van der Waals surface area contributed by atoms with Crippen molar-refractivity contribution in [1.29, 1.82) is 0 Å². The Labute approximate surface area is 123 Å². The van der Waals surface area contributed by atoms with E-state index in [1.807, 2.05) is 37.3 Å². The highest BCUT2D eigenvalue weighted by Gasteiger charge is 1.99. The van der Waals surface area contributed by atoms with Crippen molar-refractivity contribution >= 4 is 12.4 Å². The number of hydrogen-bond donors (Lipinski definition) is 0. The molecule has 0 aliphatic heterocycles. The second-order valence-corrected chi connectivity index (χ2v) is 4.47. The molecular formula is C17H17FN2O. The molecule has 0 aliphatic carbocycles. The molecule has 0 N–H and O–H groups in total. The molecule has 2 aromatic carbocycles. The van der Waals surface area contributed by atoms with Gasteiger partial charge >= 0.3 is 0 Å². The predicted octanol–water partition coefficient (Wildman–Crippen LogP) is 3.85. The van der Waals surface area contributed by atoms with Crippen LogP contribution in [0.4, 0.5) is 4.39 Å². The highest BCUT2D eigenvalue weighted by atomic mass is 19.1. The average molecular weight is 284 g/mol. The lowest BCUT2D eigenvalue weighted by atomic mass is 10.1. The molecule has 0 aliphatic rings. The molecule has 2 rings (SSSR count). The monoisotopic (exact) mass is 284 g/mol. The van der Waals surface area contributed by atoms with Gasteiger partial charge in [0.2, 0.25) is 0 Å². The van der Waals surface area contributed by atoms with Crippen LogP contribution < -0.4 is 4.74 Å². The zero-order valence-corrected chi connectivity index (χ0v) is 12.1. The van der Waals surface area contributed by atoms with E-state index in [0.717, 1.165) is 11.3 Å². The van der Waals surface area contributed by atoms with Crippen LogP contribution in [0.3, 0.4) is 0 Å². The molecule has 0 atom stereocenters. The van der Waals surface area contributed by atoms with Crippen LogP contribution in [0.1, 0.15) is 23.6 Å². The highest BCUT2D eigenvalue weighted by Crippen LogP contribution is 2.11. The summed E-state index contributed by atoms with van der Waals surface area (Å²) in [6.45, 7) is 1.92. The van der Waals surface area contributed by atoms with Crippen molar-refractivity contribution in [2.45, 2.75) is 13.3 Å². The van der Waals surface area contributed by atoms with E-state index < -0.39 is 0 Å². The largest absolute Gasteiger partial charge is 0.497 e. The SMILES string of the molecule is CCc1ccc(C=NN=Cc2ccc(OC)cc2)cc1F. The number of rotatable bonds is 5. The number of methoxy groups -OCH3 is 1. The van der Waals surface area contributed by atoms with E-state index in [9.17, 15) is 4.39 Å². The summed E-state index contributed by atoms with van der Waals surface area (Å²) in [5.41, 5.74) is 2.31. The van der Waals surface area contributed by atoms with Crippen LogP contribution in [0.5, 0.6) is 5.75 Å². The van der Waals surface area contributed by atoms with Crippen LogP contribution in [0.25, 0.3) is 0 Å². The van der Waals surface area contributed by atoms with Gasteiger partial charge in [-0.3, -0.25) is 0 Å². The molecule has 0 saturated heterocycles. The summed E-state index contributed by atoms with van der Waals surface area (Å²) in [6.07, 6.45) is 3.84. The number of benzene rings is 2. The van der Waals surface area contributed by atoms with Gasteiger partial charge in [-0.25, -0.2) is 4.39 Å². The van der Waals surface area contributed by atoms with E-state index in [1.165, 1.54) is 12.3 Å². The van der Waals surface area contributed by atoms with Gasteiger partial charge in [0.25, 0.3) is 0 Å². The fraction of sp³-hybridized carbons (Fsp3) is 0.176. The summed E-state index contributed by atoms with van der Waals surface area (Å²) in [5.74, 6) is 0.586. The van der Waals surface area contributed by atoms with E-state index in [0.29, 0.717) is 17.5 Å². The molecule has 0 bridgehead atoms. The number of nitrogens with zero attached hydrogens (tertiary/aromatic N) is 2. The predicted molar refractivity (Wildman–Crippen MR) is 84.0 cm³/mol. The second kappa shape index (κ2) is 7.33. The van der Waals surface area contributed by atoms with Crippen LogP contribution in [0, 0.1) is 5.82 Å². The number of aryl methyl sites for hydroxylation is 1. The molecule has 0 unspecified atom stereocenters. The van der Waals surface area contributed by atoms with E-state index >= 15 is 0 Å². The minimum absolute atomic E-state index is 0.208. The van der Waals surface area contributed by atoms with Gasteiger partial charge < -0.3 is 4.74 Å². The molecule has 21 heavy (non-hydrogen) atoms. The maximum atomic E-state index is 13.6. The molecular weight excluding hydrogens is 267 g/mol. The van der Waals surface area contributed by atoms with Crippen molar-refractivity contribution in [2.75, 3.05) is 7.11 Å². The lowest BCUT2D eigenvalue weighted by molar-refractivity contribution is 0.415. The summed E-state index contributed by atoms with van der Waals surface area (Å²) >= 11 is 0. The first-order valence-corrected chi connectivity index (χ1v) is 6.72. The molecule has 0 fully saturated rings. The van der Waals surface area contributed by atoms with Crippen molar-refractivity contribution in [2.24, 2.45) is 10.2 Å². The Morgan fingerprint density at radius 1 is 1.00 bits per heavy atom. The first kappa shape index (κ1) is 14.9. The molecule has 0 saturated carbocycles. The van der Waals surface area contributed by atoms with Gasteiger partial charge in [-0.2, -0.15) is 10.2 Å². The standard InChI is InChI=1S/C17H17FN2O/c1-3-15-7-4-14(10-17(15)18)12-20-19-11-13-5-8-16(21-2)9-6-13/h4-12H,3H2,1-2H3. The van der Waals surface area contributed by atoms with E-state index in [4.69, 9.17) is 4.74 Å². The fourth-order valence-electron chi connectivity index (χ4n) is 1.82. The quantitative estimate of drug-likeness (QED) is 0.606. The zero-order chi connectivity index (χ0) is 15.1. The summed E-state index contributed by atoms with van der Waals surface area (Å²) in [4.78, 5) is 0. The Kier molecular flexibility index (Phi) is 5.21. The van der Waals surface area contributed by atoms with Crippen molar-refractivity contribution in [3.05, 3.63) is 65.0 Å².